The van der Waals surface area contributed by atoms with Crippen LogP contribution in [0.5, 0.6) is 6.01 Å². The van der Waals surface area contributed by atoms with Gasteiger partial charge in [0.15, 0.2) is 11.5 Å². The molecule has 9 nitrogen and oxygen atoms in total. The highest BCUT2D eigenvalue weighted by Gasteiger charge is 2.43. The van der Waals surface area contributed by atoms with E-state index < -0.39 is 5.95 Å². The topological polar surface area (TPSA) is 83.2 Å². The van der Waals surface area contributed by atoms with Crippen molar-refractivity contribution >= 4 is 11.5 Å². The van der Waals surface area contributed by atoms with Gasteiger partial charge in [0.2, 0.25) is 5.95 Å². The van der Waals surface area contributed by atoms with Crippen LogP contribution >= 0.6 is 0 Å². The SMILES string of the molecule is COCCOc1nc(F)c2c(n1)N2N(Cc1ccc(CN2CCCC2)cc1)N=O. The number of hydrazine groups is 1. The van der Waals surface area contributed by atoms with Gasteiger partial charge in [0, 0.05) is 13.7 Å². The zero-order valence-corrected chi connectivity index (χ0v) is 16.3. The molecule has 0 atom stereocenters. The molecule has 0 saturated carbocycles. The Kier molecular flexibility index (Phi) is 5.81. The Morgan fingerprint density at radius 1 is 1.14 bits per heavy atom. The van der Waals surface area contributed by atoms with Crippen LogP contribution in [0.3, 0.4) is 0 Å². The maximum Gasteiger partial charge on any atom is 0.321 e. The molecule has 0 bridgehead atoms. The van der Waals surface area contributed by atoms with Crippen LogP contribution in [0.25, 0.3) is 0 Å². The average Bonchev–Trinajstić information content (AvgIpc) is 3.21. The van der Waals surface area contributed by atoms with Crippen LogP contribution in [-0.2, 0) is 17.8 Å². The number of anilines is 2. The molecule has 1 fully saturated rings. The standard InChI is InChI=1S/C19H23FN6O3/c1-28-10-11-29-19-21-17(20)16-18(22-19)26(16)25(23-27)13-15-6-4-14(5-7-15)12-24-8-2-3-9-24/h4-7H,2-3,8-13H2,1H3. The van der Waals surface area contributed by atoms with Gasteiger partial charge >= 0.3 is 6.01 Å². The molecule has 2 aliphatic heterocycles. The van der Waals surface area contributed by atoms with Crippen LogP contribution < -0.4 is 9.75 Å². The van der Waals surface area contributed by atoms with Crippen molar-refractivity contribution in [2.75, 3.05) is 38.4 Å². The van der Waals surface area contributed by atoms with Gasteiger partial charge in [0.05, 0.1) is 18.4 Å². The number of methoxy groups -OCH3 is 1. The molecule has 1 aromatic carbocycles. The molecule has 0 radical (unpaired) electrons. The first-order chi connectivity index (χ1) is 14.2. The van der Waals surface area contributed by atoms with E-state index in [0.717, 1.165) is 30.3 Å². The molecule has 0 unspecified atom stereocenters. The number of halogens is 1. The van der Waals surface area contributed by atoms with Crippen molar-refractivity contribution in [2.24, 2.45) is 5.29 Å². The number of nitrogens with zero attached hydrogens (tertiary/aromatic N) is 6. The first-order valence-corrected chi connectivity index (χ1v) is 9.60. The molecule has 29 heavy (non-hydrogen) atoms. The third kappa shape index (κ3) is 4.43. The van der Waals surface area contributed by atoms with Crippen LogP contribution in [-0.4, -0.2) is 53.4 Å². The Hall–Kier alpha value is -2.85. The van der Waals surface area contributed by atoms with Crippen LogP contribution in [0.15, 0.2) is 29.6 Å². The van der Waals surface area contributed by atoms with Gasteiger partial charge in [-0.05, 0) is 37.1 Å². The normalized spacial score (nSPS) is 15.3. The number of hydrogen-bond donors (Lipinski definition) is 0. The van der Waals surface area contributed by atoms with Gasteiger partial charge in [0.1, 0.15) is 6.61 Å². The maximum atomic E-state index is 14.2. The molecule has 10 heteroatoms. The minimum absolute atomic E-state index is 0.0992. The molecule has 0 spiro atoms. The average molecular weight is 402 g/mol. The monoisotopic (exact) mass is 402 g/mol. The molecule has 0 aliphatic carbocycles. The number of rotatable bonds is 10. The fourth-order valence-corrected chi connectivity index (χ4v) is 3.43. The second-order valence-corrected chi connectivity index (χ2v) is 7.03. The number of aromatic nitrogens is 2. The second kappa shape index (κ2) is 8.66. The fraction of sp³-hybridized carbons (Fsp3) is 0.474. The van der Waals surface area contributed by atoms with E-state index in [4.69, 9.17) is 9.47 Å². The molecule has 1 aromatic heterocycles. The van der Waals surface area contributed by atoms with Crippen molar-refractivity contribution in [3.8, 4) is 6.01 Å². The molecule has 0 N–H and O–H groups in total. The smallest absolute Gasteiger partial charge is 0.321 e. The summed E-state index contributed by atoms with van der Waals surface area (Å²) < 4.78 is 24.3. The van der Waals surface area contributed by atoms with E-state index >= 15 is 0 Å². The van der Waals surface area contributed by atoms with Gasteiger partial charge in [-0.2, -0.15) is 19.5 Å². The summed E-state index contributed by atoms with van der Waals surface area (Å²) in [6.07, 6.45) is 2.51. The third-order valence-corrected chi connectivity index (χ3v) is 4.96. The lowest BCUT2D eigenvalue weighted by atomic mass is 10.1. The van der Waals surface area contributed by atoms with E-state index in [1.165, 1.54) is 30.5 Å². The molecular weight excluding hydrogens is 379 g/mol. The van der Waals surface area contributed by atoms with Gasteiger partial charge in [0.25, 0.3) is 0 Å². The van der Waals surface area contributed by atoms with Gasteiger partial charge in [-0.15, -0.1) is 4.91 Å². The van der Waals surface area contributed by atoms with Crippen molar-refractivity contribution in [2.45, 2.75) is 25.9 Å². The second-order valence-electron chi connectivity index (χ2n) is 7.03. The van der Waals surface area contributed by atoms with Gasteiger partial charge in [-0.3, -0.25) is 4.90 Å². The number of likely N-dealkylation sites (tertiary alicyclic amines) is 1. The zero-order valence-electron chi connectivity index (χ0n) is 16.3. The third-order valence-electron chi connectivity index (χ3n) is 4.96. The van der Waals surface area contributed by atoms with E-state index in [0.29, 0.717) is 6.61 Å². The maximum absolute atomic E-state index is 14.2. The van der Waals surface area contributed by atoms with E-state index in [-0.39, 0.29) is 30.7 Å². The Bertz CT molecular complexity index is 860. The Labute approximate surface area is 168 Å². The molecule has 0 amide bonds. The molecule has 4 rings (SSSR count). The Balaban J connectivity index is 1.38. The Morgan fingerprint density at radius 3 is 2.55 bits per heavy atom. The van der Waals surface area contributed by atoms with Gasteiger partial charge in [-0.1, -0.05) is 24.3 Å². The first-order valence-electron chi connectivity index (χ1n) is 9.60. The van der Waals surface area contributed by atoms with Crippen molar-refractivity contribution in [3.63, 3.8) is 0 Å². The molecule has 3 heterocycles. The lowest BCUT2D eigenvalue weighted by Crippen LogP contribution is -2.25. The molecule has 2 aliphatic rings. The quantitative estimate of drug-likeness (QED) is 0.197. The molecular formula is C19H23FN6O3. The molecule has 1 saturated heterocycles. The highest BCUT2D eigenvalue weighted by atomic mass is 19.1. The van der Waals surface area contributed by atoms with E-state index in [2.05, 4.69) is 20.2 Å². The highest BCUT2D eigenvalue weighted by Crippen LogP contribution is 2.49. The summed E-state index contributed by atoms with van der Waals surface area (Å²) in [4.78, 5) is 21.6. The minimum Gasteiger partial charge on any atom is -0.461 e. The fourth-order valence-electron chi connectivity index (χ4n) is 3.43. The molecule has 2 aromatic rings. The Morgan fingerprint density at radius 2 is 1.86 bits per heavy atom. The summed E-state index contributed by atoms with van der Waals surface area (Å²) in [7, 11) is 1.53. The summed E-state index contributed by atoms with van der Waals surface area (Å²) in [6.45, 7) is 3.95. The summed E-state index contributed by atoms with van der Waals surface area (Å²) in [5, 5.41) is 5.44. The number of benzene rings is 1. The lowest BCUT2D eigenvalue weighted by molar-refractivity contribution is 0.140. The number of fused-ring (bicyclic) bond motifs is 1. The van der Waals surface area contributed by atoms with Crippen molar-refractivity contribution in [3.05, 3.63) is 46.2 Å². The van der Waals surface area contributed by atoms with Crippen LogP contribution in [0.4, 0.5) is 15.9 Å². The van der Waals surface area contributed by atoms with E-state index in [1.807, 2.05) is 24.3 Å². The van der Waals surface area contributed by atoms with Crippen LogP contribution in [0.2, 0.25) is 0 Å². The number of hydrogen-bond acceptors (Lipinski definition) is 8. The summed E-state index contributed by atoms with van der Waals surface area (Å²) >= 11 is 0. The van der Waals surface area contributed by atoms with Gasteiger partial charge in [-0.25, -0.2) is 5.01 Å². The predicted molar refractivity (Wildman–Crippen MR) is 104 cm³/mol. The lowest BCUT2D eigenvalue weighted by Gasteiger charge is -2.17. The van der Waals surface area contributed by atoms with E-state index in [1.54, 1.807) is 0 Å². The van der Waals surface area contributed by atoms with Gasteiger partial charge < -0.3 is 9.47 Å². The number of ether oxygens (including phenoxy) is 2. The van der Waals surface area contributed by atoms with Crippen molar-refractivity contribution in [1.82, 2.24) is 20.0 Å². The minimum atomic E-state index is -0.753. The van der Waals surface area contributed by atoms with Crippen LogP contribution in [0, 0.1) is 10.9 Å². The van der Waals surface area contributed by atoms with Crippen molar-refractivity contribution < 1.29 is 13.9 Å². The first kappa shape index (κ1) is 19.5. The summed E-state index contributed by atoms with van der Waals surface area (Å²) in [5.41, 5.74) is 2.25. The largest absolute Gasteiger partial charge is 0.461 e. The summed E-state index contributed by atoms with van der Waals surface area (Å²) in [6, 6.07) is 7.92. The predicted octanol–water partition coefficient (Wildman–Crippen LogP) is 2.79. The molecule has 154 valence electrons. The number of nitroso groups, excluding NO2 is 1. The van der Waals surface area contributed by atoms with Crippen molar-refractivity contribution in [1.29, 1.82) is 0 Å². The summed E-state index contributed by atoms with van der Waals surface area (Å²) in [5.74, 6) is -0.479. The van der Waals surface area contributed by atoms with Crippen LogP contribution in [0.1, 0.15) is 24.0 Å². The van der Waals surface area contributed by atoms with E-state index in [9.17, 15) is 9.30 Å². The zero-order chi connectivity index (χ0) is 20.2. The highest BCUT2D eigenvalue weighted by molar-refractivity contribution is 5.88.